The van der Waals surface area contributed by atoms with E-state index in [4.69, 9.17) is 10.1 Å². The lowest BCUT2D eigenvalue weighted by atomic mass is 10.1. The summed E-state index contributed by atoms with van der Waals surface area (Å²) in [7, 11) is 0. The molecule has 0 aliphatic carbocycles. The van der Waals surface area contributed by atoms with Crippen LogP contribution in [0.3, 0.4) is 0 Å². The predicted octanol–water partition coefficient (Wildman–Crippen LogP) is 4.03. The molecule has 142 valence electrons. The van der Waals surface area contributed by atoms with Crippen molar-refractivity contribution in [1.29, 1.82) is 0 Å². The van der Waals surface area contributed by atoms with Crippen LogP contribution in [0.4, 0.5) is 0 Å². The zero-order valence-electron chi connectivity index (χ0n) is 16.8. The summed E-state index contributed by atoms with van der Waals surface area (Å²) < 4.78 is 1.88. The van der Waals surface area contributed by atoms with Crippen LogP contribution in [0.25, 0.3) is 16.8 Å². The van der Waals surface area contributed by atoms with Crippen LogP contribution < -0.4 is 5.32 Å². The third kappa shape index (κ3) is 4.02. The molecule has 2 aromatic heterocycles. The van der Waals surface area contributed by atoms with E-state index < -0.39 is 0 Å². The number of nitrogens with one attached hydrogen (secondary N) is 1. The molecule has 0 fully saturated rings. The monoisotopic (exact) mass is 364 g/mol. The first-order valence-corrected chi connectivity index (χ1v) is 9.56. The van der Waals surface area contributed by atoms with Crippen molar-refractivity contribution in [2.45, 2.75) is 47.5 Å². The van der Waals surface area contributed by atoms with Gasteiger partial charge in [0.15, 0.2) is 5.65 Å². The Hall–Kier alpha value is -2.69. The molecule has 2 heterocycles. The van der Waals surface area contributed by atoms with Crippen LogP contribution in [-0.2, 0) is 11.2 Å². The topological polar surface area (TPSA) is 59.3 Å². The standard InChI is InChI=1S/C22H28N4O/c1-14(2)11-12-23-20(27)13-19-15(3)24-22-21(18-9-7-6-8-10-18)16(4)25-26(22)17(19)5/h6-10,14H,11-13H2,1-5H3,(H,23,27). The fraction of sp³-hybridized carbons (Fsp3) is 0.409. The molecule has 1 amide bonds. The number of hydrogen-bond donors (Lipinski definition) is 1. The second kappa shape index (κ2) is 7.91. The molecule has 27 heavy (non-hydrogen) atoms. The fourth-order valence-corrected chi connectivity index (χ4v) is 3.39. The minimum absolute atomic E-state index is 0.0372. The Morgan fingerprint density at radius 2 is 1.81 bits per heavy atom. The number of fused-ring (bicyclic) bond motifs is 1. The first kappa shape index (κ1) is 19.1. The number of carbonyl (C=O) groups excluding carboxylic acids is 1. The number of rotatable bonds is 6. The zero-order valence-corrected chi connectivity index (χ0v) is 16.8. The number of hydrogen-bond acceptors (Lipinski definition) is 3. The van der Waals surface area contributed by atoms with E-state index in [0.717, 1.165) is 45.8 Å². The Kier molecular flexibility index (Phi) is 5.59. The minimum Gasteiger partial charge on any atom is -0.356 e. The number of aromatic nitrogens is 3. The van der Waals surface area contributed by atoms with Crippen molar-refractivity contribution in [3.63, 3.8) is 0 Å². The van der Waals surface area contributed by atoms with Gasteiger partial charge in [-0.1, -0.05) is 44.2 Å². The van der Waals surface area contributed by atoms with E-state index in [2.05, 4.69) is 31.3 Å². The molecular formula is C22H28N4O. The lowest BCUT2D eigenvalue weighted by Crippen LogP contribution is -2.27. The average molecular weight is 364 g/mol. The summed E-state index contributed by atoms with van der Waals surface area (Å²) >= 11 is 0. The highest BCUT2D eigenvalue weighted by Crippen LogP contribution is 2.29. The molecule has 0 unspecified atom stereocenters. The first-order chi connectivity index (χ1) is 12.9. The summed E-state index contributed by atoms with van der Waals surface area (Å²) in [6, 6.07) is 10.2. The van der Waals surface area contributed by atoms with Crippen LogP contribution in [-0.4, -0.2) is 27.0 Å². The molecule has 0 spiro atoms. The average Bonchev–Trinajstić information content (AvgIpc) is 2.95. The van der Waals surface area contributed by atoms with E-state index in [1.165, 1.54) is 0 Å². The van der Waals surface area contributed by atoms with Gasteiger partial charge in [-0.05, 0) is 38.7 Å². The molecule has 1 N–H and O–H groups in total. The van der Waals surface area contributed by atoms with E-state index >= 15 is 0 Å². The lowest BCUT2D eigenvalue weighted by Gasteiger charge is -2.12. The Labute approximate surface area is 160 Å². The third-order valence-electron chi connectivity index (χ3n) is 4.94. The highest BCUT2D eigenvalue weighted by molar-refractivity contribution is 5.82. The maximum atomic E-state index is 12.4. The van der Waals surface area contributed by atoms with Crippen LogP contribution in [0.1, 0.15) is 42.9 Å². The van der Waals surface area contributed by atoms with Crippen molar-refractivity contribution < 1.29 is 4.79 Å². The van der Waals surface area contributed by atoms with Gasteiger partial charge in [0.25, 0.3) is 0 Å². The van der Waals surface area contributed by atoms with Crippen molar-refractivity contribution >= 4 is 11.6 Å². The summed E-state index contributed by atoms with van der Waals surface area (Å²) in [6.45, 7) is 11.0. The van der Waals surface area contributed by atoms with E-state index in [0.29, 0.717) is 18.9 Å². The van der Waals surface area contributed by atoms with Gasteiger partial charge in [0.2, 0.25) is 5.91 Å². The Morgan fingerprint density at radius 1 is 1.11 bits per heavy atom. The molecule has 0 radical (unpaired) electrons. The van der Waals surface area contributed by atoms with E-state index in [1.807, 2.05) is 43.5 Å². The van der Waals surface area contributed by atoms with Gasteiger partial charge in [0.05, 0.1) is 12.1 Å². The van der Waals surface area contributed by atoms with E-state index in [1.54, 1.807) is 0 Å². The smallest absolute Gasteiger partial charge is 0.224 e. The van der Waals surface area contributed by atoms with E-state index in [-0.39, 0.29) is 5.91 Å². The Balaban J connectivity index is 1.94. The number of carbonyl (C=O) groups is 1. The minimum atomic E-state index is 0.0372. The van der Waals surface area contributed by atoms with Gasteiger partial charge in [-0.25, -0.2) is 9.50 Å². The van der Waals surface area contributed by atoms with Crippen LogP contribution in [0, 0.1) is 26.7 Å². The van der Waals surface area contributed by atoms with Gasteiger partial charge in [0, 0.05) is 29.1 Å². The van der Waals surface area contributed by atoms with Gasteiger partial charge >= 0.3 is 0 Å². The summed E-state index contributed by atoms with van der Waals surface area (Å²) in [5, 5.41) is 7.72. The van der Waals surface area contributed by atoms with Gasteiger partial charge in [-0.15, -0.1) is 0 Å². The molecule has 0 atom stereocenters. The molecule has 0 saturated heterocycles. The van der Waals surface area contributed by atoms with Gasteiger partial charge < -0.3 is 5.32 Å². The quantitative estimate of drug-likeness (QED) is 0.718. The predicted molar refractivity (Wildman–Crippen MR) is 109 cm³/mol. The van der Waals surface area contributed by atoms with Crippen molar-refractivity contribution in [3.05, 3.63) is 53.0 Å². The van der Waals surface area contributed by atoms with Crippen molar-refractivity contribution in [2.75, 3.05) is 6.54 Å². The summed E-state index contributed by atoms with van der Waals surface area (Å²) in [5.74, 6) is 0.616. The number of aryl methyl sites for hydroxylation is 3. The summed E-state index contributed by atoms with van der Waals surface area (Å²) in [6.07, 6.45) is 1.32. The van der Waals surface area contributed by atoms with Crippen LogP contribution in [0.5, 0.6) is 0 Å². The van der Waals surface area contributed by atoms with Crippen molar-refractivity contribution in [3.8, 4) is 11.1 Å². The zero-order chi connectivity index (χ0) is 19.6. The van der Waals surface area contributed by atoms with Crippen molar-refractivity contribution in [2.24, 2.45) is 5.92 Å². The molecule has 3 rings (SSSR count). The SMILES string of the molecule is Cc1nc2c(-c3ccccc3)c(C)nn2c(C)c1CC(=O)NCCC(C)C. The lowest BCUT2D eigenvalue weighted by molar-refractivity contribution is -0.120. The molecule has 5 nitrogen and oxygen atoms in total. The van der Waals surface area contributed by atoms with Gasteiger partial charge in [0.1, 0.15) is 0 Å². The maximum absolute atomic E-state index is 12.4. The molecule has 0 saturated carbocycles. The molecule has 0 aliphatic rings. The van der Waals surface area contributed by atoms with Gasteiger partial charge in [-0.3, -0.25) is 4.79 Å². The Bertz CT molecular complexity index is 958. The molecule has 3 aromatic rings. The normalized spacial score (nSPS) is 11.3. The molecule has 0 aliphatic heterocycles. The fourth-order valence-electron chi connectivity index (χ4n) is 3.39. The second-order valence-electron chi connectivity index (χ2n) is 7.53. The molecule has 0 bridgehead atoms. The third-order valence-corrected chi connectivity index (χ3v) is 4.94. The largest absolute Gasteiger partial charge is 0.356 e. The molecule has 1 aromatic carbocycles. The Morgan fingerprint density at radius 3 is 2.48 bits per heavy atom. The second-order valence-corrected chi connectivity index (χ2v) is 7.53. The maximum Gasteiger partial charge on any atom is 0.224 e. The van der Waals surface area contributed by atoms with Crippen LogP contribution in [0.2, 0.25) is 0 Å². The molecule has 5 heteroatoms. The number of benzene rings is 1. The molecular weight excluding hydrogens is 336 g/mol. The highest BCUT2D eigenvalue weighted by atomic mass is 16.1. The van der Waals surface area contributed by atoms with Crippen LogP contribution >= 0.6 is 0 Å². The van der Waals surface area contributed by atoms with Crippen LogP contribution in [0.15, 0.2) is 30.3 Å². The first-order valence-electron chi connectivity index (χ1n) is 9.56. The number of nitrogens with zero attached hydrogens (tertiary/aromatic N) is 3. The van der Waals surface area contributed by atoms with Crippen molar-refractivity contribution in [1.82, 2.24) is 19.9 Å². The van der Waals surface area contributed by atoms with E-state index in [9.17, 15) is 4.79 Å². The van der Waals surface area contributed by atoms with Gasteiger partial charge in [-0.2, -0.15) is 5.10 Å². The highest BCUT2D eigenvalue weighted by Gasteiger charge is 2.19. The number of amides is 1. The summed E-state index contributed by atoms with van der Waals surface area (Å²) in [4.78, 5) is 17.2. The summed E-state index contributed by atoms with van der Waals surface area (Å²) in [5.41, 5.74) is 6.75.